The lowest BCUT2D eigenvalue weighted by Gasteiger charge is -2.17. The Hall–Kier alpha value is -1.39. The van der Waals surface area contributed by atoms with Crippen LogP contribution in [0.3, 0.4) is 0 Å². The second-order valence-corrected chi connectivity index (χ2v) is 4.56. The fraction of sp³-hybridized carbons (Fsp3) is 0.273. The number of halogens is 1. The van der Waals surface area contributed by atoms with Crippen molar-refractivity contribution in [2.24, 2.45) is 17.6 Å². The molecular weight excluding hydrogens is 228 g/mol. The standard InChI is InChI=1S/C11H9ClN2O2/c12-5-2-1-3-6(4-5)14-10(15)7-8(9(7)13)11(14)16/h1-4,7-9H,13H2. The van der Waals surface area contributed by atoms with Crippen molar-refractivity contribution in [2.45, 2.75) is 6.04 Å². The number of benzene rings is 1. The van der Waals surface area contributed by atoms with Crippen LogP contribution in [0.2, 0.25) is 5.02 Å². The molecule has 0 aromatic heterocycles. The van der Waals surface area contributed by atoms with Gasteiger partial charge in [-0.3, -0.25) is 9.59 Å². The Morgan fingerprint density at radius 3 is 2.38 bits per heavy atom. The molecule has 4 nitrogen and oxygen atoms in total. The quantitative estimate of drug-likeness (QED) is 0.734. The molecule has 2 atom stereocenters. The maximum atomic E-state index is 11.9. The highest BCUT2D eigenvalue weighted by molar-refractivity contribution is 6.31. The van der Waals surface area contributed by atoms with Crippen molar-refractivity contribution in [3.63, 3.8) is 0 Å². The van der Waals surface area contributed by atoms with Gasteiger partial charge in [0.05, 0.1) is 17.5 Å². The highest BCUT2D eigenvalue weighted by Gasteiger charge is 2.66. The maximum Gasteiger partial charge on any atom is 0.239 e. The summed E-state index contributed by atoms with van der Waals surface area (Å²) in [5.74, 6) is -1.03. The summed E-state index contributed by atoms with van der Waals surface area (Å²) in [4.78, 5) is 24.9. The Morgan fingerprint density at radius 1 is 1.19 bits per heavy atom. The van der Waals surface area contributed by atoms with Gasteiger partial charge in [0.25, 0.3) is 0 Å². The van der Waals surface area contributed by atoms with Crippen LogP contribution in [0.15, 0.2) is 24.3 Å². The molecule has 1 saturated carbocycles. The number of carbonyl (C=O) groups excluding carboxylic acids is 2. The summed E-state index contributed by atoms with van der Waals surface area (Å²) in [7, 11) is 0. The number of carbonyl (C=O) groups is 2. The minimum Gasteiger partial charge on any atom is -0.326 e. The zero-order chi connectivity index (χ0) is 11.4. The van der Waals surface area contributed by atoms with Crippen molar-refractivity contribution in [3.05, 3.63) is 29.3 Å². The molecule has 1 aromatic rings. The van der Waals surface area contributed by atoms with E-state index in [2.05, 4.69) is 0 Å². The maximum absolute atomic E-state index is 11.9. The molecule has 0 bridgehead atoms. The van der Waals surface area contributed by atoms with E-state index >= 15 is 0 Å². The summed E-state index contributed by atoms with van der Waals surface area (Å²) < 4.78 is 0. The van der Waals surface area contributed by atoms with Crippen molar-refractivity contribution >= 4 is 29.1 Å². The van der Waals surface area contributed by atoms with E-state index in [1.54, 1.807) is 24.3 Å². The molecule has 1 aliphatic carbocycles. The van der Waals surface area contributed by atoms with Crippen LogP contribution in [0.1, 0.15) is 0 Å². The van der Waals surface area contributed by atoms with Gasteiger partial charge in [-0.15, -0.1) is 0 Å². The second kappa shape index (κ2) is 3.06. The van der Waals surface area contributed by atoms with Gasteiger partial charge in [0.1, 0.15) is 0 Å². The van der Waals surface area contributed by atoms with E-state index in [1.165, 1.54) is 4.90 Å². The van der Waals surface area contributed by atoms with Crippen molar-refractivity contribution in [2.75, 3.05) is 4.90 Å². The number of piperidine rings is 1. The Kier molecular flexibility index (Phi) is 1.87. The van der Waals surface area contributed by atoms with Gasteiger partial charge in [-0.05, 0) is 18.2 Å². The van der Waals surface area contributed by atoms with E-state index in [-0.39, 0.29) is 29.7 Å². The molecule has 82 valence electrons. The lowest BCUT2D eigenvalue weighted by atomic mass is 10.2. The van der Waals surface area contributed by atoms with Gasteiger partial charge in [0, 0.05) is 11.1 Å². The molecule has 1 heterocycles. The molecule has 1 aromatic carbocycles. The summed E-state index contributed by atoms with van der Waals surface area (Å²) in [6.45, 7) is 0. The van der Waals surface area contributed by atoms with E-state index in [4.69, 9.17) is 17.3 Å². The van der Waals surface area contributed by atoms with Crippen molar-refractivity contribution in [1.82, 2.24) is 0 Å². The number of hydrogen-bond acceptors (Lipinski definition) is 3. The number of hydrogen-bond donors (Lipinski definition) is 1. The van der Waals surface area contributed by atoms with Crippen LogP contribution in [0.4, 0.5) is 5.69 Å². The zero-order valence-electron chi connectivity index (χ0n) is 8.26. The smallest absolute Gasteiger partial charge is 0.239 e. The first-order valence-corrected chi connectivity index (χ1v) is 5.38. The number of anilines is 1. The third kappa shape index (κ3) is 1.14. The van der Waals surface area contributed by atoms with E-state index in [0.717, 1.165) is 0 Å². The molecule has 3 rings (SSSR count). The van der Waals surface area contributed by atoms with Gasteiger partial charge in [-0.2, -0.15) is 0 Å². The zero-order valence-corrected chi connectivity index (χ0v) is 9.02. The van der Waals surface area contributed by atoms with Gasteiger partial charge in [0.15, 0.2) is 0 Å². The number of imide groups is 1. The average Bonchev–Trinajstić information content (AvgIpc) is 2.81. The van der Waals surface area contributed by atoms with Crippen LogP contribution in [0.25, 0.3) is 0 Å². The SMILES string of the molecule is NC1C2C(=O)N(c3cccc(Cl)c3)C(=O)C12. The molecule has 0 spiro atoms. The van der Waals surface area contributed by atoms with Gasteiger partial charge < -0.3 is 5.73 Å². The van der Waals surface area contributed by atoms with Gasteiger partial charge in [0.2, 0.25) is 11.8 Å². The van der Waals surface area contributed by atoms with Crippen LogP contribution >= 0.6 is 11.6 Å². The van der Waals surface area contributed by atoms with Crippen LogP contribution in [0, 0.1) is 11.8 Å². The first-order valence-electron chi connectivity index (χ1n) is 5.00. The van der Waals surface area contributed by atoms with Crippen LogP contribution in [0.5, 0.6) is 0 Å². The molecule has 5 heteroatoms. The minimum atomic E-state index is -0.313. The molecule has 16 heavy (non-hydrogen) atoms. The molecule has 2 amide bonds. The number of amides is 2. The third-order valence-corrected chi connectivity index (χ3v) is 3.39. The van der Waals surface area contributed by atoms with Crippen molar-refractivity contribution < 1.29 is 9.59 Å². The monoisotopic (exact) mass is 236 g/mol. The van der Waals surface area contributed by atoms with E-state index in [9.17, 15) is 9.59 Å². The average molecular weight is 237 g/mol. The van der Waals surface area contributed by atoms with Crippen LogP contribution < -0.4 is 10.6 Å². The Labute approximate surface area is 97.0 Å². The molecule has 2 aliphatic rings. The molecule has 2 fully saturated rings. The van der Waals surface area contributed by atoms with E-state index in [1.807, 2.05) is 0 Å². The van der Waals surface area contributed by atoms with Gasteiger partial charge in [-0.1, -0.05) is 17.7 Å². The van der Waals surface area contributed by atoms with Crippen molar-refractivity contribution in [3.8, 4) is 0 Å². The van der Waals surface area contributed by atoms with E-state index in [0.29, 0.717) is 10.7 Å². The lowest BCUT2D eigenvalue weighted by molar-refractivity contribution is -0.123. The molecule has 2 N–H and O–H groups in total. The number of fused-ring (bicyclic) bond motifs is 1. The Balaban J connectivity index is 1.98. The topological polar surface area (TPSA) is 63.4 Å². The number of rotatable bonds is 1. The minimum absolute atomic E-state index is 0.204. The van der Waals surface area contributed by atoms with E-state index < -0.39 is 0 Å². The Morgan fingerprint density at radius 2 is 1.81 bits per heavy atom. The number of nitrogens with two attached hydrogens (primary N) is 1. The molecular formula is C11H9ClN2O2. The predicted octanol–water partition coefficient (Wildman–Crippen LogP) is 0.786. The van der Waals surface area contributed by atoms with Gasteiger partial charge >= 0.3 is 0 Å². The summed E-state index contributed by atoms with van der Waals surface area (Å²) >= 11 is 5.82. The fourth-order valence-corrected chi connectivity index (χ4v) is 2.43. The van der Waals surface area contributed by atoms with Crippen molar-refractivity contribution in [1.29, 1.82) is 0 Å². The lowest BCUT2D eigenvalue weighted by Crippen LogP contribution is -2.37. The van der Waals surface area contributed by atoms with Crippen LogP contribution in [-0.2, 0) is 9.59 Å². The third-order valence-electron chi connectivity index (χ3n) is 3.15. The normalized spacial score (nSPS) is 31.9. The molecule has 0 radical (unpaired) electrons. The van der Waals surface area contributed by atoms with Gasteiger partial charge in [-0.25, -0.2) is 4.90 Å². The predicted molar refractivity (Wildman–Crippen MR) is 58.9 cm³/mol. The highest BCUT2D eigenvalue weighted by atomic mass is 35.5. The summed E-state index contributed by atoms with van der Waals surface area (Å²) in [6.07, 6.45) is 0. The summed E-state index contributed by atoms with van der Waals surface area (Å²) in [5, 5.41) is 0.503. The van der Waals surface area contributed by atoms with Crippen LogP contribution in [-0.4, -0.2) is 17.9 Å². The summed E-state index contributed by atoms with van der Waals surface area (Å²) in [5.41, 5.74) is 6.16. The molecule has 1 aliphatic heterocycles. The number of nitrogens with zero attached hydrogens (tertiary/aromatic N) is 1. The molecule has 2 unspecified atom stereocenters. The second-order valence-electron chi connectivity index (χ2n) is 4.12. The first kappa shape index (κ1) is 9.81. The fourth-order valence-electron chi connectivity index (χ4n) is 2.25. The largest absolute Gasteiger partial charge is 0.326 e. The summed E-state index contributed by atoms with van der Waals surface area (Å²) in [6, 6.07) is 6.42. The highest BCUT2D eigenvalue weighted by Crippen LogP contribution is 2.47. The Bertz CT molecular complexity index is 481. The first-order chi connectivity index (χ1) is 7.61. The molecule has 1 saturated heterocycles.